The molecule has 0 bridgehead atoms. The van der Waals surface area contributed by atoms with E-state index in [1.807, 2.05) is 25.3 Å². The third-order valence-electron chi connectivity index (χ3n) is 1.93. The van der Waals surface area contributed by atoms with E-state index in [9.17, 15) is 4.79 Å². The molecule has 1 aromatic rings. The molecule has 0 aromatic heterocycles. The van der Waals surface area contributed by atoms with Crippen LogP contribution in [0, 0.1) is 0 Å². The van der Waals surface area contributed by atoms with Crippen molar-refractivity contribution in [3.05, 3.63) is 29.8 Å². The van der Waals surface area contributed by atoms with Gasteiger partial charge in [0.2, 0.25) is 6.41 Å². The van der Waals surface area contributed by atoms with Crippen LogP contribution in [0.25, 0.3) is 0 Å². The molecule has 3 heteroatoms. The summed E-state index contributed by atoms with van der Waals surface area (Å²) in [5.41, 5.74) is 1.13. The topological polar surface area (TPSA) is 29.1 Å². The zero-order valence-corrected chi connectivity index (χ0v) is 8.60. The Morgan fingerprint density at radius 1 is 1.38 bits per heavy atom. The summed E-state index contributed by atoms with van der Waals surface area (Å²) in [7, 11) is 0. The summed E-state index contributed by atoms with van der Waals surface area (Å²) < 4.78 is 0. The van der Waals surface area contributed by atoms with E-state index >= 15 is 0 Å². The molecule has 1 rings (SSSR count). The van der Waals surface area contributed by atoms with Crippen LogP contribution in [0.2, 0.25) is 0 Å². The van der Waals surface area contributed by atoms with Crippen molar-refractivity contribution in [2.45, 2.75) is 17.9 Å². The van der Waals surface area contributed by atoms with Gasteiger partial charge in [-0.15, -0.1) is 11.8 Å². The van der Waals surface area contributed by atoms with Gasteiger partial charge in [-0.3, -0.25) is 4.79 Å². The predicted octanol–water partition coefficient (Wildman–Crippen LogP) is 2.22. The normalized spacial score (nSPS) is 12.2. The third kappa shape index (κ3) is 2.77. The highest BCUT2D eigenvalue weighted by Crippen LogP contribution is 2.18. The first-order valence-corrected chi connectivity index (χ1v) is 5.34. The molecular weight excluding hydrogens is 182 g/mol. The SMILES string of the molecule is CSc1ccc([C@H](C)NC=O)cc1. The van der Waals surface area contributed by atoms with Crippen molar-refractivity contribution in [1.82, 2.24) is 5.32 Å². The number of carbonyl (C=O) groups excluding carboxylic acids is 1. The lowest BCUT2D eigenvalue weighted by Crippen LogP contribution is -2.15. The molecule has 70 valence electrons. The third-order valence-corrected chi connectivity index (χ3v) is 2.68. The molecule has 0 heterocycles. The molecule has 1 N–H and O–H groups in total. The lowest BCUT2D eigenvalue weighted by Gasteiger charge is -2.10. The Morgan fingerprint density at radius 2 is 2.00 bits per heavy atom. The molecule has 0 saturated carbocycles. The fourth-order valence-corrected chi connectivity index (χ4v) is 1.50. The van der Waals surface area contributed by atoms with Crippen molar-refractivity contribution < 1.29 is 4.79 Å². The number of amides is 1. The summed E-state index contributed by atoms with van der Waals surface area (Å²) in [4.78, 5) is 11.4. The minimum Gasteiger partial charge on any atom is -0.352 e. The Labute approximate surface area is 82.7 Å². The van der Waals surface area contributed by atoms with Crippen LogP contribution in [0.15, 0.2) is 29.2 Å². The summed E-state index contributed by atoms with van der Waals surface area (Å²) in [5.74, 6) is 0. The van der Waals surface area contributed by atoms with Crippen LogP contribution in [0.4, 0.5) is 0 Å². The number of thioether (sulfide) groups is 1. The van der Waals surface area contributed by atoms with E-state index in [1.165, 1.54) is 4.90 Å². The summed E-state index contributed by atoms with van der Waals surface area (Å²) in [6.07, 6.45) is 2.77. The van der Waals surface area contributed by atoms with Gasteiger partial charge in [-0.2, -0.15) is 0 Å². The summed E-state index contributed by atoms with van der Waals surface area (Å²) >= 11 is 1.71. The van der Waals surface area contributed by atoms with Gasteiger partial charge in [0.25, 0.3) is 0 Å². The molecule has 0 fully saturated rings. The van der Waals surface area contributed by atoms with Crippen LogP contribution in [-0.2, 0) is 4.79 Å². The fourth-order valence-electron chi connectivity index (χ4n) is 1.09. The predicted molar refractivity (Wildman–Crippen MR) is 55.8 cm³/mol. The van der Waals surface area contributed by atoms with Crippen LogP contribution < -0.4 is 5.32 Å². The largest absolute Gasteiger partial charge is 0.352 e. The molecule has 0 radical (unpaired) electrons. The van der Waals surface area contributed by atoms with E-state index in [4.69, 9.17) is 0 Å². The van der Waals surface area contributed by atoms with Crippen LogP contribution in [-0.4, -0.2) is 12.7 Å². The minimum atomic E-state index is 0.0911. The number of carbonyl (C=O) groups is 1. The Kier molecular flexibility index (Phi) is 3.83. The molecule has 1 aromatic carbocycles. The smallest absolute Gasteiger partial charge is 0.207 e. The quantitative estimate of drug-likeness (QED) is 0.589. The van der Waals surface area contributed by atoms with Gasteiger partial charge in [-0.1, -0.05) is 12.1 Å². The monoisotopic (exact) mass is 195 g/mol. The number of rotatable bonds is 4. The maximum absolute atomic E-state index is 10.2. The molecule has 0 aliphatic carbocycles. The Morgan fingerprint density at radius 3 is 2.46 bits per heavy atom. The Balaban J connectivity index is 2.73. The van der Waals surface area contributed by atoms with Crippen molar-refractivity contribution in [2.75, 3.05) is 6.26 Å². The summed E-state index contributed by atoms with van der Waals surface area (Å²) in [5, 5.41) is 2.71. The fraction of sp³-hybridized carbons (Fsp3) is 0.300. The highest BCUT2D eigenvalue weighted by atomic mass is 32.2. The zero-order valence-electron chi connectivity index (χ0n) is 7.78. The summed E-state index contributed by atoms with van der Waals surface area (Å²) in [6, 6.07) is 8.28. The van der Waals surface area contributed by atoms with E-state index in [1.54, 1.807) is 11.8 Å². The van der Waals surface area contributed by atoms with Crippen molar-refractivity contribution in [1.29, 1.82) is 0 Å². The number of hydrogen-bond acceptors (Lipinski definition) is 2. The second-order valence-electron chi connectivity index (χ2n) is 2.78. The van der Waals surface area contributed by atoms with E-state index in [-0.39, 0.29) is 6.04 Å². The number of benzene rings is 1. The van der Waals surface area contributed by atoms with Gasteiger partial charge in [0, 0.05) is 4.90 Å². The van der Waals surface area contributed by atoms with Gasteiger partial charge in [-0.05, 0) is 30.9 Å². The first kappa shape index (κ1) is 10.1. The standard InChI is InChI=1S/C10H13NOS/c1-8(11-7-12)9-3-5-10(13-2)6-4-9/h3-8H,1-2H3,(H,11,12)/t8-/m0/s1. The van der Waals surface area contributed by atoms with Crippen molar-refractivity contribution in [3.8, 4) is 0 Å². The van der Waals surface area contributed by atoms with Crippen LogP contribution in [0.1, 0.15) is 18.5 Å². The number of hydrogen-bond donors (Lipinski definition) is 1. The van der Waals surface area contributed by atoms with Crippen molar-refractivity contribution in [2.24, 2.45) is 0 Å². The molecule has 1 atom stereocenters. The molecule has 0 unspecified atom stereocenters. The minimum absolute atomic E-state index is 0.0911. The first-order chi connectivity index (χ1) is 6.27. The maximum Gasteiger partial charge on any atom is 0.207 e. The van der Waals surface area contributed by atoms with Crippen LogP contribution in [0.5, 0.6) is 0 Å². The highest BCUT2D eigenvalue weighted by molar-refractivity contribution is 7.98. The van der Waals surface area contributed by atoms with E-state index in [2.05, 4.69) is 17.4 Å². The lowest BCUT2D eigenvalue weighted by molar-refractivity contribution is -0.110. The second kappa shape index (κ2) is 4.92. The lowest BCUT2D eigenvalue weighted by atomic mass is 10.1. The first-order valence-electron chi connectivity index (χ1n) is 4.11. The van der Waals surface area contributed by atoms with E-state index in [0.717, 1.165) is 12.0 Å². The average Bonchev–Trinajstić information content (AvgIpc) is 2.18. The maximum atomic E-state index is 10.2. The van der Waals surface area contributed by atoms with Crippen LogP contribution in [0.3, 0.4) is 0 Å². The Hall–Kier alpha value is -0.960. The second-order valence-corrected chi connectivity index (χ2v) is 3.66. The van der Waals surface area contributed by atoms with Gasteiger partial charge in [-0.25, -0.2) is 0 Å². The zero-order chi connectivity index (χ0) is 9.68. The van der Waals surface area contributed by atoms with Gasteiger partial charge < -0.3 is 5.32 Å². The molecular formula is C10H13NOS. The van der Waals surface area contributed by atoms with Gasteiger partial charge in [0.15, 0.2) is 0 Å². The van der Waals surface area contributed by atoms with Crippen LogP contribution >= 0.6 is 11.8 Å². The van der Waals surface area contributed by atoms with E-state index in [0.29, 0.717) is 0 Å². The molecule has 0 aliphatic rings. The molecule has 0 aliphatic heterocycles. The average molecular weight is 195 g/mol. The molecule has 0 saturated heterocycles. The molecule has 13 heavy (non-hydrogen) atoms. The Bertz CT molecular complexity index is 271. The number of nitrogens with one attached hydrogen (secondary N) is 1. The van der Waals surface area contributed by atoms with Gasteiger partial charge >= 0.3 is 0 Å². The summed E-state index contributed by atoms with van der Waals surface area (Å²) in [6.45, 7) is 1.96. The van der Waals surface area contributed by atoms with Gasteiger partial charge in [0.05, 0.1) is 6.04 Å². The molecule has 1 amide bonds. The molecule has 0 spiro atoms. The molecule has 2 nitrogen and oxygen atoms in total. The van der Waals surface area contributed by atoms with E-state index < -0.39 is 0 Å². The van der Waals surface area contributed by atoms with Crippen molar-refractivity contribution >= 4 is 18.2 Å². The van der Waals surface area contributed by atoms with Crippen molar-refractivity contribution in [3.63, 3.8) is 0 Å². The highest BCUT2D eigenvalue weighted by Gasteiger charge is 2.02. The van der Waals surface area contributed by atoms with Gasteiger partial charge in [0.1, 0.15) is 0 Å².